The summed E-state index contributed by atoms with van der Waals surface area (Å²) in [6.45, 7) is 0. The zero-order chi connectivity index (χ0) is 17.7. The van der Waals surface area contributed by atoms with Gasteiger partial charge in [0.05, 0.1) is 11.0 Å². The van der Waals surface area contributed by atoms with Crippen molar-refractivity contribution >= 4 is 49.4 Å². The summed E-state index contributed by atoms with van der Waals surface area (Å²) in [4.78, 5) is 32.9. The summed E-state index contributed by atoms with van der Waals surface area (Å²) in [6.07, 6.45) is -0.470. The maximum atomic E-state index is 13.0. The number of carbonyl (C=O) groups is 3. The van der Waals surface area contributed by atoms with Gasteiger partial charge >= 0.3 is 10.2 Å². The van der Waals surface area contributed by atoms with Crippen LogP contribution in [-0.4, -0.2) is 22.9 Å². The number of imide groups is 1. The van der Waals surface area contributed by atoms with Crippen LogP contribution in [0.25, 0.3) is 0 Å². The van der Waals surface area contributed by atoms with Gasteiger partial charge in [-0.3, -0.25) is 19.3 Å². The number of carbonyl (C=O) groups excluding carboxylic acids is 3. The predicted octanol–water partition coefficient (Wildman–Crippen LogP) is 4.58. The minimum Gasteiger partial charge on any atom is -0.293 e. The number of hydrogen-bond donors (Lipinski definition) is 0. The standard InChI is InChI=1S/C12H9BrF5NO3S/c13-6-10(20)7-3-8(19-11(21)1-2-12(19)22)5-9(4-7)23(14,15,16,17)18/h3-5H,1-2,6H2. The molecule has 0 unspecified atom stereocenters. The molecule has 1 fully saturated rings. The zero-order valence-electron chi connectivity index (χ0n) is 11.2. The Morgan fingerprint density at radius 2 is 1.57 bits per heavy atom. The van der Waals surface area contributed by atoms with Crippen molar-refractivity contribution in [1.82, 2.24) is 0 Å². The van der Waals surface area contributed by atoms with Crippen molar-refractivity contribution in [1.29, 1.82) is 0 Å². The number of rotatable bonds is 4. The van der Waals surface area contributed by atoms with Gasteiger partial charge in [-0.2, -0.15) is 0 Å². The molecule has 0 aromatic heterocycles. The van der Waals surface area contributed by atoms with Gasteiger partial charge in [0.25, 0.3) is 0 Å². The van der Waals surface area contributed by atoms with Crippen molar-refractivity contribution in [3.8, 4) is 0 Å². The Morgan fingerprint density at radius 1 is 1.04 bits per heavy atom. The minimum absolute atomic E-state index is 0.0215. The summed E-state index contributed by atoms with van der Waals surface area (Å²) in [6, 6.07) is 0.866. The van der Waals surface area contributed by atoms with Crippen LogP contribution in [0.3, 0.4) is 0 Å². The quantitative estimate of drug-likeness (QED) is 0.309. The fourth-order valence-corrected chi connectivity index (χ4v) is 3.05. The lowest BCUT2D eigenvalue weighted by atomic mass is 10.1. The van der Waals surface area contributed by atoms with Crippen LogP contribution in [0.5, 0.6) is 0 Å². The molecule has 4 nitrogen and oxygen atoms in total. The van der Waals surface area contributed by atoms with Crippen molar-refractivity contribution in [2.75, 3.05) is 10.2 Å². The SMILES string of the molecule is O=C(CBr)c1cc(N2C(=O)CCC2=O)cc(S(F)(F)(F)(F)F)c1. The molecule has 2 rings (SSSR count). The molecule has 0 N–H and O–H groups in total. The first-order valence-electron chi connectivity index (χ1n) is 6.07. The summed E-state index contributed by atoms with van der Waals surface area (Å²) >= 11 is 2.73. The monoisotopic (exact) mass is 421 g/mol. The third-order valence-electron chi connectivity index (χ3n) is 3.09. The first-order valence-corrected chi connectivity index (χ1v) is 9.14. The zero-order valence-corrected chi connectivity index (χ0v) is 13.6. The molecule has 1 saturated heterocycles. The van der Waals surface area contributed by atoms with Gasteiger partial charge in [0, 0.05) is 18.4 Å². The summed E-state index contributed by atoms with van der Waals surface area (Å²) in [5.74, 6) is -2.52. The van der Waals surface area contributed by atoms with Gasteiger partial charge in [-0.1, -0.05) is 35.4 Å². The molecule has 128 valence electrons. The molecule has 1 aromatic carbocycles. The lowest BCUT2D eigenvalue weighted by molar-refractivity contribution is -0.121. The van der Waals surface area contributed by atoms with Crippen LogP contribution in [0.4, 0.5) is 25.1 Å². The van der Waals surface area contributed by atoms with Gasteiger partial charge in [-0.05, 0) is 18.2 Å². The van der Waals surface area contributed by atoms with Gasteiger partial charge in [-0.15, -0.1) is 0 Å². The van der Waals surface area contributed by atoms with E-state index in [2.05, 4.69) is 15.9 Å². The van der Waals surface area contributed by atoms with Crippen LogP contribution in [0.1, 0.15) is 23.2 Å². The lowest BCUT2D eigenvalue weighted by Gasteiger charge is -2.41. The van der Waals surface area contributed by atoms with Gasteiger partial charge in [0.2, 0.25) is 11.8 Å². The molecule has 0 spiro atoms. The highest BCUT2D eigenvalue weighted by molar-refractivity contribution is 9.09. The largest absolute Gasteiger partial charge is 0.310 e. The van der Waals surface area contributed by atoms with E-state index in [-0.39, 0.29) is 25.0 Å². The van der Waals surface area contributed by atoms with Crippen molar-refractivity contribution in [3.05, 3.63) is 23.8 Å². The summed E-state index contributed by atoms with van der Waals surface area (Å²) in [5.41, 5.74) is -1.36. The topological polar surface area (TPSA) is 54.5 Å². The Labute approximate surface area is 135 Å². The van der Waals surface area contributed by atoms with E-state index in [9.17, 15) is 33.8 Å². The smallest absolute Gasteiger partial charge is 0.293 e. The maximum Gasteiger partial charge on any atom is 0.310 e. The highest BCUT2D eigenvalue weighted by Crippen LogP contribution is 3.02. The molecule has 0 saturated carbocycles. The first kappa shape index (κ1) is 17.9. The van der Waals surface area contributed by atoms with Crippen molar-refractivity contribution in [2.24, 2.45) is 0 Å². The third-order valence-corrected chi connectivity index (χ3v) is 4.73. The molecule has 1 aliphatic rings. The average Bonchev–Trinajstić information content (AvgIpc) is 2.74. The van der Waals surface area contributed by atoms with Crippen LogP contribution >= 0.6 is 26.2 Å². The fourth-order valence-electron chi connectivity index (χ4n) is 2.04. The van der Waals surface area contributed by atoms with Gasteiger partial charge < -0.3 is 0 Å². The van der Waals surface area contributed by atoms with Crippen molar-refractivity contribution in [3.63, 3.8) is 0 Å². The highest BCUT2D eigenvalue weighted by Gasteiger charge is 2.65. The number of anilines is 1. The van der Waals surface area contributed by atoms with Gasteiger partial charge in [-0.25, -0.2) is 0 Å². The number of Topliss-reactive ketones (excluding diaryl/α,β-unsaturated/α-hetero) is 1. The number of nitrogens with zero attached hydrogens (tertiary/aromatic N) is 1. The normalized spacial score (nSPS) is 18.8. The summed E-state index contributed by atoms with van der Waals surface area (Å²) in [5, 5.41) is -0.405. The molecular weight excluding hydrogens is 413 g/mol. The first-order chi connectivity index (χ1) is 10.2. The maximum absolute atomic E-state index is 13.0. The van der Waals surface area contributed by atoms with Crippen LogP contribution in [0.2, 0.25) is 0 Å². The van der Waals surface area contributed by atoms with Crippen LogP contribution in [0, 0.1) is 0 Å². The van der Waals surface area contributed by atoms with Gasteiger partial charge in [0.1, 0.15) is 4.90 Å². The molecule has 0 aliphatic carbocycles. The van der Waals surface area contributed by atoms with E-state index in [1.807, 2.05) is 0 Å². The molecule has 0 atom stereocenters. The van der Waals surface area contributed by atoms with Crippen LogP contribution in [-0.2, 0) is 9.59 Å². The third kappa shape index (κ3) is 3.71. The van der Waals surface area contributed by atoms with E-state index >= 15 is 0 Å². The summed E-state index contributed by atoms with van der Waals surface area (Å²) in [7, 11) is -10.1. The Balaban J connectivity index is 2.72. The van der Waals surface area contributed by atoms with E-state index in [1.54, 1.807) is 0 Å². The van der Waals surface area contributed by atoms with E-state index in [4.69, 9.17) is 0 Å². The molecule has 11 heteroatoms. The van der Waals surface area contributed by atoms with E-state index in [0.717, 1.165) is 6.07 Å². The van der Waals surface area contributed by atoms with E-state index in [0.29, 0.717) is 4.90 Å². The number of hydrogen-bond acceptors (Lipinski definition) is 3. The molecular formula is C12H9BrF5NO3S. The summed E-state index contributed by atoms with van der Waals surface area (Å²) < 4.78 is 65.2. The van der Waals surface area contributed by atoms with Crippen molar-refractivity contribution < 1.29 is 33.8 Å². The molecule has 0 bridgehead atoms. The van der Waals surface area contributed by atoms with Crippen LogP contribution in [0.15, 0.2) is 23.1 Å². The number of benzene rings is 1. The lowest BCUT2D eigenvalue weighted by Crippen LogP contribution is -2.29. The van der Waals surface area contributed by atoms with Crippen LogP contribution < -0.4 is 4.90 Å². The number of alkyl halides is 1. The van der Waals surface area contributed by atoms with E-state index in [1.165, 1.54) is 0 Å². The van der Waals surface area contributed by atoms with Crippen molar-refractivity contribution in [2.45, 2.75) is 17.7 Å². The molecule has 1 aromatic rings. The number of ketones is 1. The molecule has 0 radical (unpaired) electrons. The molecule has 1 heterocycles. The predicted molar refractivity (Wildman–Crippen MR) is 77.7 cm³/mol. The Bertz CT molecular complexity index is 718. The Kier molecular flexibility index (Phi) is 3.69. The van der Waals surface area contributed by atoms with Gasteiger partial charge in [0.15, 0.2) is 5.78 Å². The second kappa shape index (κ2) is 4.76. The molecule has 23 heavy (non-hydrogen) atoms. The Hall–Kier alpha value is -1.49. The number of amides is 2. The minimum atomic E-state index is -10.1. The second-order valence-corrected chi connectivity index (χ2v) is 7.83. The highest BCUT2D eigenvalue weighted by atomic mass is 79.9. The average molecular weight is 422 g/mol. The second-order valence-electron chi connectivity index (χ2n) is 4.86. The fraction of sp³-hybridized carbons (Fsp3) is 0.250. The molecule has 2 amide bonds. The number of halogens is 6. The van der Waals surface area contributed by atoms with E-state index < -0.39 is 49.3 Å². The Morgan fingerprint density at radius 3 is 2.00 bits per heavy atom. The molecule has 1 aliphatic heterocycles.